The van der Waals surface area contributed by atoms with E-state index in [1.807, 2.05) is 0 Å². The van der Waals surface area contributed by atoms with Crippen molar-refractivity contribution in [3.05, 3.63) is 28.5 Å². The minimum Gasteiger partial charge on any atom is -0.352 e. The summed E-state index contributed by atoms with van der Waals surface area (Å²) in [5.74, 6) is -0.0720. The Balaban J connectivity index is 2.23. The smallest absolute Gasteiger partial charge is 0.254 e. The van der Waals surface area contributed by atoms with Crippen molar-refractivity contribution in [2.45, 2.75) is 32.7 Å². The van der Waals surface area contributed by atoms with E-state index in [1.165, 1.54) is 0 Å². The van der Waals surface area contributed by atoms with Crippen LogP contribution in [0.3, 0.4) is 0 Å². The number of carbonyl (C=O) groups is 1. The molecule has 1 rings (SSSR count). The number of unbranched alkanes of at least 4 members (excludes halogenated alkanes) is 1. The molecular weight excluding hydrogens is 306 g/mol. The molecule has 0 atom stereocenters. The zero-order valence-electron chi connectivity index (χ0n) is 11.8. The summed E-state index contributed by atoms with van der Waals surface area (Å²) >= 11 is 3.28. The quantitative estimate of drug-likeness (QED) is 0.618. The lowest BCUT2D eigenvalue weighted by molar-refractivity contribution is 0.0951. The van der Waals surface area contributed by atoms with Crippen molar-refractivity contribution in [1.29, 1.82) is 0 Å². The molecular formula is C14H22BrN3O. The van der Waals surface area contributed by atoms with Gasteiger partial charge < -0.3 is 10.2 Å². The molecule has 5 heteroatoms. The lowest BCUT2D eigenvalue weighted by Crippen LogP contribution is -2.29. The molecule has 1 aromatic rings. The van der Waals surface area contributed by atoms with Gasteiger partial charge in [0.15, 0.2) is 0 Å². The highest BCUT2D eigenvalue weighted by Crippen LogP contribution is 2.11. The number of pyridine rings is 1. The largest absolute Gasteiger partial charge is 0.352 e. The van der Waals surface area contributed by atoms with Crippen molar-refractivity contribution in [1.82, 2.24) is 15.2 Å². The Morgan fingerprint density at radius 1 is 1.47 bits per heavy atom. The first kappa shape index (κ1) is 16.1. The van der Waals surface area contributed by atoms with E-state index in [2.05, 4.69) is 52.0 Å². The molecule has 0 unspecified atom stereocenters. The molecule has 0 saturated carbocycles. The van der Waals surface area contributed by atoms with Crippen LogP contribution in [0, 0.1) is 0 Å². The maximum Gasteiger partial charge on any atom is 0.254 e. The second kappa shape index (κ2) is 8.27. The first-order valence-corrected chi connectivity index (χ1v) is 7.40. The van der Waals surface area contributed by atoms with Gasteiger partial charge in [0, 0.05) is 18.8 Å². The molecule has 0 fully saturated rings. The first-order chi connectivity index (χ1) is 9.02. The Bertz CT molecular complexity index is 409. The van der Waals surface area contributed by atoms with E-state index in [9.17, 15) is 4.79 Å². The highest BCUT2D eigenvalue weighted by molar-refractivity contribution is 9.10. The van der Waals surface area contributed by atoms with Crippen LogP contribution >= 0.6 is 15.9 Å². The summed E-state index contributed by atoms with van der Waals surface area (Å²) < 4.78 is 0.590. The summed E-state index contributed by atoms with van der Waals surface area (Å²) in [6, 6.07) is 4.09. The van der Waals surface area contributed by atoms with Crippen LogP contribution in [0.4, 0.5) is 0 Å². The van der Waals surface area contributed by atoms with Crippen LogP contribution in [0.25, 0.3) is 0 Å². The third-order valence-electron chi connectivity index (χ3n) is 3.11. The van der Waals surface area contributed by atoms with E-state index >= 15 is 0 Å². The van der Waals surface area contributed by atoms with E-state index in [1.54, 1.807) is 18.3 Å². The lowest BCUT2D eigenvalue weighted by atomic mass is 10.2. The van der Waals surface area contributed by atoms with Crippen molar-refractivity contribution in [3.8, 4) is 0 Å². The SMILES string of the molecule is CC(C)N(C)CCCCNC(=O)c1cccnc1Br. The number of hydrogen-bond acceptors (Lipinski definition) is 3. The highest BCUT2D eigenvalue weighted by atomic mass is 79.9. The molecule has 19 heavy (non-hydrogen) atoms. The minimum atomic E-state index is -0.0720. The number of rotatable bonds is 7. The summed E-state index contributed by atoms with van der Waals surface area (Å²) in [7, 11) is 2.12. The summed E-state index contributed by atoms with van der Waals surface area (Å²) in [6.07, 6.45) is 3.73. The minimum absolute atomic E-state index is 0.0720. The molecule has 106 valence electrons. The molecule has 1 N–H and O–H groups in total. The molecule has 1 aromatic heterocycles. The van der Waals surface area contributed by atoms with Crippen LogP contribution in [-0.2, 0) is 0 Å². The van der Waals surface area contributed by atoms with Crippen LogP contribution in [0.5, 0.6) is 0 Å². The van der Waals surface area contributed by atoms with Crippen molar-refractivity contribution in [2.75, 3.05) is 20.1 Å². The fraction of sp³-hybridized carbons (Fsp3) is 0.571. The highest BCUT2D eigenvalue weighted by Gasteiger charge is 2.09. The Hall–Kier alpha value is -0.940. The number of nitrogens with zero attached hydrogens (tertiary/aromatic N) is 2. The van der Waals surface area contributed by atoms with Gasteiger partial charge in [-0.05, 0) is 68.3 Å². The van der Waals surface area contributed by atoms with Gasteiger partial charge in [0.1, 0.15) is 4.60 Å². The predicted octanol–water partition coefficient (Wildman–Crippen LogP) is 2.69. The van der Waals surface area contributed by atoms with E-state index in [-0.39, 0.29) is 5.91 Å². The first-order valence-electron chi connectivity index (χ1n) is 6.61. The van der Waals surface area contributed by atoms with Gasteiger partial charge in [0.05, 0.1) is 5.56 Å². The maximum absolute atomic E-state index is 11.9. The number of halogens is 1. The van der Waals surface area contributed by atoms with Gasteiger partial charge in [0.25, 0.3) is 5.91 Å². The second-order valence-electron chi connectivity index (χ2n) is 4.88. The molecule has 0 radical (unpaired) electrons. The summed E-state index contributed by atoms with van der Waals surface area (Å²) in [4.78, 5) is 18.2. The average molecular weight is 328 g/mol. The zero-order valence-corrected chi connectivity index (χ0v) is 13.4. The molecule has 0 spiro atoms. The van der Waals surface area contributed by atoms with Gasteiger partial charge >= 0.3 is 0 Å². The number of nitrogens with one attached hydrogen (secondary N) is 1. The normalized spacial score (nSPS) is 11.1. The summed E-state index contributed by atoms with van der Waals surface area (Å²) in [5, 5.41) is 2.92. The van der Waals surface area contributed by atoms with Gasteiger partial charge in [-0.15, -0.1) is 0 Å². The third-order valence-corrected chi connectivity index (χ3v) is 3.74. The number of hydrogen-bond donors (Lipinski definition) is 1. The van der Waals surface area contributed by atoms with Gasteiger partial charge in [-0.2, -0.15) is 0 Å². The molecule has 0 aliphatic rings. The maximum atomic E-state index is 11.9. The Morgan fingerprint density at radius 3 is 2.84 bits per heavy atom. The predicted molar refractivity (Wildman–Crippen MR) is 81.3 cm³/mol. The van der Waals surface area contributed by atoms with E-state index in [0.717, 1.165) is 19.4 Å². The van der Waals surface area contributed by atoms with Crippen molar-refractivity contribution in [2.24, 2.45) is 0 Å². The van der Waals surface area contributed by atoms with E-state index in [4.69, 9.17) is 0 Å². The van der Waals surface area contributed by atoms with Gasteiger partial charge in [-0.1, -0.05) is 0 Å². The molecule has 0 aliphatic carbocycles. The van der Waals surface area contributed by atoms with Crippen molar-refractivity contribution < 1.29 is 4.79 Å². The molecule has 0 aromatic carbocycles. The van der Waals surface area contributed by atoms with Crippen LogP contribution in [-0.4, -0.2) is 42.0 Å². The fourth-order valence-corrected chi connectivity index (χ4v) is 2.03. The summed E-state index contributed by atoms with van der Waals surface area (Å²) in [5.41, 5.74) is 0.585. The van der Waals surface area contributed by atoms with Gasteiger partial charge in [-0.25, -0.2) is 4.98 Å². The Kier molecular flexibility index (Phi) is 7.02. The Morgan fingerprint density at radius 2 is 2.21 bits per heavy atom. The molecule has 1 amide bonds. The molecule has 0 saturated heterocycles. The third kappa shape index (κ3) is 5.70. The Labute approximate surface area is 123 Å². The van der Waals surface area contributed by atoms with Crippen LogP contribution in [0.15, 0.2) is 22.9 Å². The van der Waals surface area contributed by atoms with Gasteiger partial charge in [-0.3, -0.25) is 4.79 Å². The summed E-state index contributed by atoms with van der Waals surface area (Å²) in [6.45, 7) is 6.12. The lowest BCUT2D eigenvalue weighted by Gasteiger charge is -2.20. The van der Waals surface area contributed by atoms with Crippen molar-refractivity contribution >= 4 is 21.8 Å². The second-order valence-corrected chi connectivity index (χ2v) is 5.63. The van der Waals surface area contributed by atoms with Crippen molar-refractivity contribution in [3.63, 3.8) is 0 Å². The monoisotopic (exact) mass is 327 g/mol. The van der Waals surface area contributed by atoms with Crippen LogP contribution in [0.2, 0.25) is 0 Å². The van der Waals surface area contributed by atoms with Gasteiger partial charge in [0.2, 0.25) is 0 Å². The molecule has 1 heterocycles. The zero-order chi connectivity index (χ0) is 14.3. The molecule has 0 aliphatic heterocycles. The number of amides is 1. The number of carbonyl (C=O) groups excluding carboxylic acids is 1. The average Bonchev–Trinajstić information content (AvgIpc) is 2.38. The van der Waals surface area contributed by atoms with E-state index < -0.39 is 0 Å². The topological polar surface area (TPSA) is 45.2 Å². The standard InChI is InChI=1S/C14H22BrN3O/c1-11(2)18(3)10-5-4-8-17-14(19)12-7-6-9-16-13(12)15/h6-7,9,11H,4-5,8,10H2,1-3H3,(H,17,19). The fourth-order valence-electron chi connectivity index (χ4n) is 1.60. The van der Waals surface area contributed by atoms with Crippen LogP contribution < -0.4 is 5.32 Å². The van der Waals surface area contributed by atoms with Crippen LogP contribution in [0.1, 0.15) is 37.0 Å². The number of aromatic nitrogens is 1. The molecule has 4 nitrogen and oxygen atoms in total. The van der Waals surface area contributed by atoms with E-state index in [0.29, 0.717) is 22.8 Å². The molecule has 0 bridgehead atoms.